The van der Waals surface area contributed by atoms with E-state index in [-0.39, 0.29) is 12.4 Å². The van der Waals surface area contributed by atoms with Crippen molar-refractivity contribution in [1.29, 1.82) is 0 Å². The summed E-state index contributed by atoms with van der Waals surface area (Å²) in [5.41, 5.74) is 1.68. The summed E-state index contributed by atoms with van der Waals surface area (Å²) in [6, 6.07) is 12.6. The lowest BCUT2D eigenvalue weighted by molar-refractivity contribution is 0.0653. The number of benzene rings is 2. The molecular formula is C23H29FN2O3. The van der Waals surface area contributed by atoms with Crippen molar-refractivity contribution >= 4 is 11.8 Å². The molecule has 3 rings (SSSR count). The van der Waals surface area contributed by atoms with Gasteiger partial charge in [-0.2, -0.15) is 0 Å². The van der Waals surface area contributed by atoms with Crippen LogP contribution in [0, 0.1) is 5.82 Å². The predicted molar refractivity (Wildman–Crippen MR) is 114 cm³/mol. The summed E-state index contributed by atoms with van der Waals surface area (Å²) in [7, 11) is 1.60. The van der Waals surface area contributed by atoms with E-state index in [1.165, 1.54) is 6.07 Å². The predicted octanol–water partition coefficient (Wildman–Crippen LogP) is 3.43. The van der Waals surface area contributed by atoms with Crippen molar-refractivity contribution in [3.8, 4) is 11.5 Å². The number of rotatable bonds is 8. The highest BCUT2D eigenvalue weighted by Crippen LogP contribution is 2.28. The minimum Gasteiger partial charge on any atom is -0.493 e. The zero-order valence-electron chi connectivity index (χ0n) is 17.1. The summed E-state index contributed by atoms with van der Waals surface area (Å²) in [5.74, 6) is 1.07. The molecule has 1 aliphatic rings. The summed E-state index contributed by atoms with van der Waals surface area (Å²) >= 11 is 0. The van der Waals surface area contributed by atoms with Crippen LogP contribution in [0.1, 0.15) is 12.5 Å². The van der Waals surface area contributed by atoms with Gasteiger partial charge >= 0.3 is 0 Å². The first-order chi connectivity index (χ1) is 14.1. The SMILES string of the molecule is C/C=C/c1ccc(OCC(O)CN2CCN(c3ccccc3F)CC2)c(OC)c1. The van der Waals surface area contributed by atoms with Crippen LogP contribution < -0.4 is 14.4 Å². The van der Waals surface area contributed by atoms with Crippen molar-refractivity contribution in [2.24, 2.45) is 0 Å². The molecular weight excluding hydrogens is 371 g/mol. The average Bonchev–Trinajstić information content (AvgIpc) is 2.74. The van der Waals surface area contributed by atoms with Crippen LogP contribution in [0.4, 0.5) is 10.1 Å². The molecule has 2 aromatic rings. The van der Waals surface area contributed by atoms with Gasteiger partial charge < -0.3 is 19.5 Å². The number of halogens is 1. The largest absolute Gasteiger partial charge is 0.493 e. The van der Waals surface area contributed by atoms with Crippen LogP contribution in [-0.2, 0) is 0 Å². The van der Waals surface area contributed by atoms with Crippen LogP contribution in [0.3, 0.4) is 0 Å². The Morgan fingerprint density at radius 1 is 1.10 bits per heavy atom. The molecule has 0 radical (unpaired) electrons. The summed E-state index contributed by atoms with van der Waals surface area (Å²) in [6.07, 6.45) is 3.34. The van der Waals surface area contributed by atoms with Crippen molar-refractivity contribution < 1.29 is 19.0 Å². The van der Waals surface area contributed by atoms with Gasteiger partial charge in [0.2, 0.25) is 0 Å². The van der Waals surface area contributed by atoms with Gasteiger partial charge in [-0.05, 0) is 36.8 Å². The Morgan fingerprint density at radius 2 is 1.86 bits per heavy atom. The molecule has 156 valence electrons. The Bertz CT molecular complexity index is 820. The van der Waals surface area contributed by atoms with Crippen molar-refractivity contribution in [3.05, 3.63) is 59.9 Å². The number of aliphatic hydroxyl groups is 1. The molecule has 0 aromatic heterocycles. The van der Waals surface area contributed by atoms with Gasteiger partial charge in [0.15, 0.2) is 11.5 Å². The smallest absolute Gasteiger partial charge is 0.161 e. The maximum absolute atomic E-state index is 13.9. The first-order valence-electron chi connectivity index (χ1n) is 9.94. The molecule has 0 saturated carbocycles. The quantitative estimate of drug-likeness (QED) is 0.736. The molecule has 0 bridgehead atoms. The fourth-order valence-corrected chi connectivity index (χ4v) is 3.52. The van der Waals surface area contributed by atoms with Gasteiger partial charge in [-0.25, -0.2) is 4.39 Å². The number of ether oxygens (including phenoxy) is 2. The molecule has 1 fully saturated rings. The van der Waals surface area contributed by atoms with E-state index in [0.717, 1.165) is 31.7 Å². The molecule has 0 amide bonds. The van der Waals surface area contributed by atoms with Crippen LogP contribution in [0.25, 0.3) is 6.08 Å². The molecule has 6 heteroatoms. The highest BCUT2D eigenvalue weighted by atomic mass is 19.1. The van der Waals surface area contributed by atoms with E-state index in [2.05, 4.69) is 4.90 Å². The molecule has 0 aliphatic carbocycles. The van der Waals surface area contributed by atoms with Crippen LogP contribution in [0.2, 0.25) is 0 Å². The topological polar surface area (TPSA) is 45.2 Å². The van der Waals surface area contributed by atoms with Crippen molar-refractivity contribution in [2.75, 3.05) is 51.3 Å². The highest BCUT2D eigenvalue weighted by molar-refractivity contribution is 5.55. The van der Waals surface area contributed by atoms with Crippen molar-refractivity contribution in [1.82, 2.24) is 4.90 Å². The van der Waals surface area contributed by atoms with E-state index < -0.39 is 6.10 Å². The third-order valence-corrected chi connectivity index (χ3v) is 5.01. The second-order valence-corrected chi connectivity index (χ2v) is 7.11. The summed E-state index contributed by atoms with van der Waals surface area (Å²) in [5, 5.41) is 10.4. The van der Waals surface area contributed by atoms with Crippen LogP contribution in [-0.4, -0.2) is 62.6 Å². The van der Waals surface area contributed by atoms with Crippen LogP contribution in [0.5, 0.6) is 11.5 Å². The average molecular weight is 400 g/mol. The number of aliphatic hydroxyl groups excluding tert-OH is 1. The normalized spacial score (nSPS) is 16.2. The lowest BCUT2D eigenvalue weighted by Crippen LogP contribution is -2.49. The maximum Gasteiger partial charge on any atom is 0.161 e. The van der Waals surface area contributed by atoms with Crippen molar-refractivity contribution in [3.63, 3.8) is 0 Å². The third-order valence-electron chi connectivity index (χ3n) is 5.01. The molecule has 0 spiro atoms. The second-order valence-electron chi connectivity index (χ2n) is 7.11. The number of nitrogens with zero attached hydrogens (tertiary/aromatic N) is 2. The molecule has 1 heterocycles. The first-order valence-corrected chi connectivity index (χ1v) is 9.94. The van der Waals surface area contributed by atoms with Gasteiger partial charge in [-0.1, -0.05) is 30.4 Å². The molecule has 1 saturated heterocycles. The Kier molecular flexibility index (Phi) is 7.49. The van der Waals surface area contributed by atoms with Gasteiger partial charge in [0.05, 0.1) is 12.8 Å². The monoisotopic (exact) mass is 400 g/mol. The van der Waals surface area contributed by atoms with E-state index in [1.807, 2.05) is 54.3 Å². The van der Waals surface area contributed by atoms with E-state index >= 15 is 0 Å². The number of methoxy groups -OCH3 is 1. The number of anilines is 1. The van der Waals surface area contributed by atoms with E-state index in [4.69, 9.17) is 9.47 Å². The molecule has 1 atom stereocenters. The summed E-state index contributed by atoms with van der Waals surface area (Å²) < 4.78 is 25.1. The van der Waals surface area contributed by atoms with Gasteiger partial charge in [-0.3, -0.25) is 4.90 Å². The summed E-state index contributed by atoms with van der Waals surface area (Å²) in [6.45, 7) is 5.67. The van der Waals surface area contributed by atoms with Crippen molar-refractivity contribution in [2.45, 2.75) is 13.0 Å². The molecule has 2 aromatic carbocycles. The zero-order valence-corrected chi connectivity index (χ0v) is 17.1. The third kappa shape index (κ3) is 5.71. The fraction of sp³-hybridized carbons (Fsp3) is 0.391. The number of piperazine rings is 1. The van der Waals surface area contributed by atoms with Gasteiger partial charge in [0.25, 0.3) is 0 Å². The Balaban J connectivity index is 1.47. The van der Waals surface area contributed by atoms with E-state index in [9.17, 15) is 9.50 Å². The van der Waals surface area contributed by atoms with E-state index in [1.54, 1.807) is 13.2 Å². The Hall–Kier alpha value is -2.57. The maximum atomic E-state index is 13.9. The highest BCUT2D eigenvalue weighted by Gasteiger charge is 2.21. The second kappa shape index (κ2) is 10.3. The van der Waals surface area contributed by atoms with Crippen LogP contribution in [0.15, 0.2) is 48.5 Å². The number of hydrogen-bond acceptors (Lipinski definition) is 5. The molecule has 29 heavy (non-hydrogen) atoms. The minimum atomic E-state index is -0.616. The lowest BCUT2D eigenvalue weighted by atomic mass is 10.2. The molecule has 1 unspecified atom stereocenters. The lowest BCUT2D eigenvalue weighted by Gasteiger charge is -2.36. The fourth-order valence-electron chi connectivity index (χ4n) is 3.52. The summed E-state index contributed by atoms with van der Waals surface area (Å²) in [4.78, 5) is 4.23. The van der Waals surface area contributed by atoms with E-state index in [0.29, 0.717) is 23.7 Å². The van der Waals surface area contributed by atoms with Gasteiger partial charge in [0, 0.05) is 32.7 Å². The van der Waals surface area contributed by atoms with Crippen LogP contribution >= 0.6 is 0 Å². The number of para-hydroxylation sites is 1. The Labute approximate surface area is 172 Å². The number of allylic oxidation sites excluding steroid dienone is 1. The molecule has 1 aliphatic heterocycles. The van der Waals surface area contributed by atoms with Gasteiger partial charge in [-0.15, -0.1) is 0 Å². The zero-order chi connectivity index (χ0) is 20.6. The minimum absolute atomic E-state index is 0.187. The molecule has 1 N–H and O–H groups in total. The standard InChI is InChI=1S/C23H29FN2O3/c1-3-6-18-9-10-22(23(15-18)28-2)29-17-19(27)16-25-11-13-26(14-12-25)21-8-5-4-7-20(21)24/h3-10,15,19,27H,11-14,16-17H2,1-2H3/b6-3+. The van der Waals surface area contributed by atoms with Gasteiger partial charge in [0.1, 0.15) is 18.5 Å². The first kappa shape index (κ1) is 21.1. The number of hydrogen-bond donors (Lipinski definition) is 1. The number of β-amino-alcohol motifs (C(OH)–C–C–N with tert-alkyl or cyclic N) is 1. The molecule has 5 nitrogen and oxygen atoms in total. The Morgan fingerprint density at radius 3 is 2.55 bits per heavy atom.